The van der Waals surface area contributed by atoms with Crippen LogP contribution in [0, 0.1) is 25.2 Å². The Morgan fingerprint density at radius 1 is 1.09 bits per heavy atom. The molecule has 0 radical (unpaired) electrons. The number of aromatic nitrogens is 3. The molecule has 0 aliphatic heterocycles. The zero-order chi connectivity index (χ0) is 25.7. The third-order valence-corrected chi connectivity index (χ3v) is 5.72. The Balaban J connectivity index is 0.000000970. The van der Waals surface area contributed by atoms with E-state index >= 15 is 0 Å². The Bertz CT molecular complexity index is 1200. The molecule has 0 spiro atoms. The molecule has 2 aromatic heterocycles. The molecule has 0 saturated heterocycles. The summed E-state index contributed by atoms with van der Waals surface area (Å²) in [6.07, 6.45) is -3.01. The van der Waals surface area contributed by atoms with Gasteiger partial charge in [-0.2, -0.15) is 18.4 Å². The lowest BCUT2D eigenvalue weighted by Gasteiger charge is -2.16. The van der Waals surface area contributed by atoms with Gasteiger partial charge in [0.25, 0.3) is 0 Å². The van der Waals surface area contributed by atoms with Crippen LogP contribution in [0.25, 0.3) is 11.0 Å². The second kappa shape index (κ2) is 11.0. The van der Waals surface area contributed by atoms with Crippen LogP contribution in [0.2, 0.25) is 5.15 Å². The van der Waals surface area contributed by atoms with Gasteiger partial charge in [-0.25, -0.2) is 15.0 Å². The number of pyridine rings is 1. The summed E-state index contributed by atoms with van der Waals surface area (Å²) in [5.74, 6) is 0.886. The number of alkyl halides is 3. The number of nitriles is 1. The lowest BCUT2D eigenvalue weighted by atomic mass is 9.98. The minimum absolute atomic E-state index is 0.142. The van der Waals surface area contributed by atoms with Crippen molar-refractivity contribution in [1.82, 2.24) is 15.0 Å². The van der Waals surface area contributed by atoms with Crippen LogP contribution in [-0.4, -0.2) is 15.0 Å². The molecular weight excluding hydrogens is 463 g/mol. The standard InChI is InChI=1S/C21H17ClF3N5.2C2H6/c1-11-13(4-3-5-15(11)21(23,24)25)9-27-18-14-8-16(20(10-26)6-7-20)17(22)30-19(14)29-12(2)28-18;2*1-2/h3-5,8H,6-7,9H2,1-2H3,(H,27,28,29,30);2*1-2H3. The van der Waals surface area contributed by atoms with Gasteiger partial charge in [0.15, 0.2) is 5.65 Å². The number of hydrogen-bond acceptors (Lipinski definition) is 5. The minimum atomic E-state index is -4.41. The van der Waals surface area contributed by atoms with E-state index in [1.54, 1.807) is 19.1 Å². The highest BCUT2D eigenvalue weighted by Crippen LogP contribution is 2.50. The Morgan fingerprint density at radius 2 is 1.74 bits per heavy atom. The first-order valence-corrected chi connectivity index (χ1v) is 11.7. The second-order valence-corrected chi connectivity index (χ2v) is 7.81. The van der Waals surface area contributed by atoms with E-state index in [1.807, 2.05) is 27.7 Å². The van der Waals surface area contributed by atoms with Crippen molar-refractivity contribution in [2.24, 2.45) is 0 Å². The van der Waals surface area contributed by atoms with Crippen LogP contribution in [0.4, 0.5) is 19.0 Å². The number of fused-ring (bicyclic) bond motifs is 1. The molecule has 1 aliphatic rings. The molecule has 1 aliphatic carbocycles. The average Bonchev–Trinajstić information content (AvgIpc) is 3.60. The molecule has 0 atom stereocenters. The van der Waals surface area contributed by atoms with Gasteiger partial charge in [-0.3, -0.25) is 0 Å². The van der Waals surface area contributed by atoms with Crippen molar-refractivity contribution in [3.63, 3.8) is 0 Å². The van der Waals surface area contributed by atoms with Gasteiger partial charge in [0.1, 0.15) is 16.8 Å². The fraction of sp³-hybridized carbons (Fsp3) is 0.440. The summed E-state index contributed by atoms with van der Waals surface area (Å²) in [6, 6.07) is 8.16. The lowest BCUT2D eigenvalue weighted by Crippen LogP contribution is -2.12. The summed E-state index contributed by atoms with van der Waals surface area (Å²) in [5.41, 5.74) is 0.366. The molecule has 5 nitrogen and oxygen atoms in total. The van der Waals surface area contributed by atoms with Crippen LogP contribution in [0.5, 0.6) is 0 Å². The molecule has 2 heterocycles. The topological polar surface area (TPSA) is 74.5 Å². The number of halogens is 4. The summed E-state index contributed by atoms with van der Waals surface area (Å²) in [7, 11) is 0. The van der Waals surface area contributed by atoms with Gasteiger partial charge in [0.05, 0.1) is 22.4 Å². The van der Waals surface area contributed by atoms with E-state index < -0.39 is 17.2 Å². The highest BCUT2D eigenvalue weighted by molar-refractivity contribution is 6.30. The van der Waals surface area contributed by atoms with Crippen LogP contribution in [0.1, 0.15) is 68.6 Å². The van der Waals surface area contributed by atoms with Crippen LogP contribution in [0.15, 0.2) is 24.3 Å². The molecule has 0 bridgehead atoms. The van der Waals surface area contributed by atoms with Crippen molar-refractivity contribution < 1.29 is 13.2 Å². The van der Waals surface area contributed by atoms with Gasteiger partial charge in [-0.1, -0.05) is 51.4 Å². The van der Waals surface area contributed by atoms with Crippen molar-refractivity contribution in [2.45, 2.75) is 72.5 Å². The first-order valence-electron chi connectivity index (χ1n) is 11.3. The van der Waals surface area contributed by atoms with Gasteiger partial charge >= 0.3 is 6.18 Å². The quantitative estimate of drug-likeness (QED) is 0.382. The number of nitrogens with one attached hydrogen (secondary N) is 1. The van der Waals surface area contributed by atoms with Gasteiger partial charge < -0.3 is 5.32 Å². The first-order chi connectivity index (χ1) is 16.1. The molecule has 0 amide bonds. The molecule has 182 valence electrons. The predicted molar refractivity (Wildman–Crippen MR) is 130 cm³/mol. The fourth-order valence-corrected chi connectivity index (χ4v) is 3.85. The number of nitrogens with zero attached hydrogens (tertiary/aromatic N) is 4. The van der Waals surface area contributed by atoms with Crippen molar-refractivity contribution in [2.75, 3.05) is 5.32 Å². The highest BCUT2D eigenvalue weighted by atomic mass is 35.5. The Hall–Kier alpha value is -2.92. The molecule has 4 rings (SSSR count). The molecule has 9 heteroatoms. The van der Waals surface area contributed by atoms with E-state index in [0.717, 1.165) is 6.07 Å². The zero-order valence-corrected chi connectivity index (χ0v) is 21.0. The minimum Gasteiger partial charge on any atom is -0.365 e. The van der Waals surface area contributed by atoms with E-state index in [4.69, 9.17) is 11.6 Å². The Kier molecular flexibility index (Phi) is 8.84. The van der Waals surface area contributed by atoms with Crippen molar-refractivity contribution in [1.29, 1.82) is 5.26 Å². The number of rotatable bonds is 4. The normalized spacial score (nSPS) is 13.7. The van der Waals surface area contributed by atoms with Crippen LogP contribution >= 0.6 is 11.6 Å². The molecule has 1 fully saturated rings. The summed E-state index contributed by atoms with van der Waals surface area (Å²) in [4.78, 5) is 13.1. The van der Waals surface area contributed by atoms with Crippen LogP contribution in [0.3, 0.4) is 0 Å². The van der Waals surface area contributed by atoms with E-state index in [-0.39, 0.29) is 17.3 Å². The smallest absolute Gasteiger partial charge is 0.365 e. The number of benzene rings is 1. The second-order valence-electron chi connectivity index (χ2n) is 7.45. The monoisotopic (exact) mass is 491 g/mol. The van der Waals surface area contributed by atoms with E-state index in [2.05, 4.69) is 26.3 Å². The van der Waals surface area contributed by atoms with Crippen molar-refractivity contribution in [3.8, 4) is 6.07 Å². The third kappa shape index (κ3) is 5.58. The van der Waals surface area contributed by atoms with Crippen molar-refractivity contribution in [3.05, 3.63) is 57.5 Å². The van der Waals surface area contributed by atoms with E-state index in [1.165, 1.54) is 13.0 Å². The summed E-state index contributed by atoms with van der Waals surface area (Å²) in [6.45, 7) is 11.3. The summed E-state index contributed by atoms with van der Waals surface area (Å²) in [5, 5.41) is 13.4. The van der Waals surface area contributed by atoms with Crippen LogP contribution < -0.4 is 5.32 Å². The van der Waals surface area contributed by atoms with Gasteiger partial charge in [0.2, 0.25) is 0 Å². The maximum Gasteiger partial charge on any atom is 0.416 e. The van der Waals surface area contributed by atoms with Crippen LogP contribution in [-0.2, 0) is 18.1 Å². The van der Waals surface area contributed by atoms with Gasteiger partial charge in [-0.05, 0) is 49.9 Å². The van der Waals surface area contributed by atoms with E-state index in [0.29, 0.717) is 46.6 Å². The molecular formula is C25H29ClF3N5. The summed E-state index contributed by atoms with van der Waals surface area (Å²) >= 11 is 6.32. The molecule has 1 aromatic carbocycles. The lowest BCUT2D eigenvalue weighted by molar-refractivity contribution is -0.138. The zero-order valence-electron chi connectivity index (χ0n) is 20.2. The molecule has 1 saturated carbocycles. The molecule has 1 N–H and O–H groups in total. The van der Waals surface area contributed by atoms with Gasteiger partial charge in [-0.15, -0.1) is 0 Å². The number of anilines is 1. The third-order valence-electron chi connectivity index (χ3n) is 5.43. The molecule has 34 heavy (non-hydrogen) atoms. The Labute approximate surface area is 203 Å². The molecule has 0 unspecified atom stereocenters. The van der Waals surface area contributed by atoms with Crippen molar-refractivity contribution >= 4 is 28.5 Å². The maximum absolute atomic E-state index is 13.2. The molecule has 3 aromatic rings. The summed E-state index contributed by atoms with van der Waals surface area (Å²) < 4.78 is 39.6. The predicted octanol–water partition coefficient (Wildman–Crippen LogP) is 7.53. The largest absolute Gasteiger partial charge is 0.416 e. The highest BCUT2D eigenvalue weighted by Gasteiger charge is 2.47. The number of hydrogen-bond donors (Lipinski definition) is 1. The SMILES string of the molecule is CC.CC.Cc1nc(NCc2cccc(C(F)(F)F)c2C)c2cc(C3(C#N)CC3)c(Cl)nc2n1. The average molecular weight is 492 g/mol. The fourth-order valence-electron chi connectivity index (χ4n) is 3.54. The van der Waals surface area contributed by atoms with Gasteiger partial charge in [0, 0.05) is 12.1 Å². The maximum atomic E-state index is 13.2. The van der Waals surface area contributed by atoms with E-state index in [9.17, 15) is 18.4 Å². The first kappa shape index (κ1) is 27.3. The number of aryl methyl sites for hydroxylation is 1. The Morgan fingerprint density at radius 3 is 2.29 bits per heavy atom.